The Labute approximate surface area is 53.7 Å². The molecule has 0 unspecified atom stereocenters. The van der Waals surface area contributed by atoms with Crippen LogP contribution in [-0.2, 0) is 9.47 Å². The van der Waals surface area contributed by atoms with Crippen LogP contribution in [0.4, 0.5) is 18.0 Å². The molecule has 0 saturated carbocycles. The van der Waals surface area contributed by atoms with Gasteiger partial charge in [-0.1, -0.05) is 0 Å². The summed E-state index contributed by atoms with van der Waals surface area (Å²) in [4.78, 5) is 9.82. The van der Waals surface area contributed by atoms with Crippen molar-refractivity contribution >= 4 is 6.16 Å². The van der Waals surface area contributed by atoms with Crippen molar-refractivity contribution in [2.75, 3.05) is 0 Å². The van der Waals surface area contributed by atoms with Crippen LogP contribution in [0.2, 0.25) is 0 Å². The van der Waals surface area contributed by atoms with Crippen molar-refractivity contribution in [1.29, 1.82) is 0 Å². The van der Waals surface area contributed by atoms with Crippen LogP contribution in [0.25, 0.3) is 0 Å². The molecule has 0 N–H and O–H groups in total. The van der Waals surface area contributed by atoms with Crippen LogP contribution in [-0.4, -0.2) is 18.1 Å². The number of carbonyl (C=O) groups excluding carboxylic acids is 1. The monoisotopic (exact) mass is 156 g/mol. The Morgan fingerprint density at radius 1 is 1.40 bits per heavy atom. The van der Waals surface area contributed by atoms with Crippen LogP contribution in [0.15, 0.2) is 0 Å². The molecular weight excluding hydrogens is 153 g/mol. The Hall–Kier alpha value is -0.940. The van der Waals surface area contributed by atoms with Crippen molar-refractivity contribution in [2.45, 2.75) is 18.9 Å². The summed E-state index contributed by atoms with van der Waals surface area (Å²) < 4.78 is 42.4. The van der Waals surface area contributed by atoms with Crippen LogP contribution in [0.3, 0.4) is 0 Å². The molecule has 0 spiro atoms. The van der Waals surface area contributed by atoms with Gasteiger partial charge in [-0.15, -0.1) is 0 Å². The summed E-state index contributed by atoms with van der Waals surface area (Å²) in [5.74, 6) is -2.72. The van der Waals surface area contributed by atoms with E-state index < -0.39 is 18.1 Å². The lowest BCUT2D eigenvalue weighted by Crippen LogP contribution is -2.57. The first kappa shape index (κ1) is 7.17. The predicted octanol–water partition coefficient (Wildman–Crippen LogP) is 1.43. The molecule has 1 saturated heterocycles. The molecule has 1 aliphatic heterocycles. The molecule has 6 heteroatoms. The standard InChI is InChI=1S/C4H3F3O3/c1-3(4(5,6)7)9-2(8)10-3/h1H3. The van der Waals surface area contributed by atoms with E-state index >= 15 is 0 Å². The highest BCUT2D eigenvalue weighted by molar-refractivity contribution is 5.65. The number of carbonyl (C=O) groups is 1. The lowest BCUT2D eigenvalue weighted by Gasteiger charge is -2.37. The third kappa shape index (κ3) is 0.795. The molecule has 1 rings (SSSR count). The maximum Gasteiger partial charge on any atom is 0.515 e. The molecule has 1 aliphatic rings. The van der Waals surface area contributed by atoms with Crippen LogP contribution in [0.1, 0.15) is 6.92 Å². The summed E-state index contributed by atoms with van der Waals surface area (Å²) in [7, 11) is 0. The first-order valence-corrected chi connectivity index (χ1v) is 2.34. The van der Waals surface area contributed by atoms with E-state index in [2.05, 4.69) is 9.47 Å². The number of halogens is 3. The van der Waals surface area contributed by atoms with E-state index in [-0.39, 0.29) is 0 Å². The summed E-state index contributed by atoms with van der Waals surface area (Å²) in [5.41, 5.74) is 0. The zero-order valence-corrected chi connectivity index (χ0v) is 4.86. The lowest BCUT2D eigenvalue weighted by atomic mass is 10.3. The van der Waals surface area contributed by atoms with Crippen LogP contribution < -0.4 is 0 Å². The molecule has 0 aromatic carbocycles. The highest BCUT2D eigenvalue weighted by atomic mass is 19.4. The number of hydrogen-bond donors (Lipinski definition) is 0. The van der Waals surface area contributed by atoms with E-state index in [4.69, 9.17) is 0 Å². The Morgan fingerprint density at radius 2 is 1.80 bits per heavy atom. The van der Waals surface area contributed by atoms with E-state index in [0.29, 0.717) is 6.92 Å². The number of cyclic esters (lactones) is 2. The third-order valence-corrected chi connectivity index (χ3v) is 1.07. The first-order valence-electron chi connectivity index (χ1n) is 2.34. The maximum atomic E-state index is 11.7. The second-order valence-corrected chi connectivity index (χ2v) is 1.90. The van der Waals surface area contributed by atoms with E-state index in [1.807, 2.05) is 0 Å². The van der Waals surface area contributed by atoms with Crippen LogP contribution in [0.5, 0.6) is 0 Å². The van der Waals surface area contributed by atoms with Crippen molar-refractivity contribution < 1.29 is 27.4 Å². The SMILES string of the molecule is CC1(C(F)(F)F)OC(=O)O1. The van der Waals surface area contributed by atoms with Gasteiger partial charge in [0.1, 0.15) is 0 Å². The van der Waals surface area contributed by atoms with E-state index in [9.17, 15) is 18.0 Å². The molecule has 58 valence electrons. The normalized spacial score (nSPS) is 22.6. The number of ether oxygens (including phenoxy) is 2. The van der Waals surface area contributed by atoms with Crippen molar-refractivity contribution in [3.8, 4) is 0 Å². The summed E-state index contributed by atoms with van der Waals surface area (Å²) in [5, 5.41) is 0. The van der Waals surface area contributed by atoms with Gasteiger partial charge in [0.25, 0.3) is 0 Å². The van der Waals surface area contributed by atoms with Gasteiger partial charge in [-0.2, -0.15) is 13.2 Å². The zero-order valence-electron chi connectivity index (χ0n) is 4.86. The summed E-state index contributed by atoms with van der Waals surface area (Å²) in [6, 6.07) is 0. The highest BCUT2D eigenvalue weighted by Crippen LogP contribution is 2.40. The van der Waals surface area contributed by atoms with E-state index in [1.165, 1.54) is 0 Å². The fourth-order valence-electron chi connectivity index (χ4n) is 0.441. The lowest BCUT2D eigenvalue weighted by molar-refractivity contribution is -0.392. The molecular formula is C4H3F3O3. The molecule has 1 fully saturated rings. The van der Waals surface area contributed by atoms with Crippen molar-refractivity contribution in [3.63, 3.8) is 0 Å². The van der Waals surface area contributed by atoms with Gasteiger partial charge in [-0.25, -0.2) is 4.79 Å². The second-order valence-electron chi connectivity index (χ2n) is 1.90. The Bertz CT molecular complexity index is 165. The first-order chi connectivity index (χ1) is 4.35. The molecule has 0 aromatic heterocycles. The quantitative estimate of drug-likeness (QED) is 0.497. The van der Waals surface area contributed by atoms with Gasteiger partial charge in [-0.3, -0.25) is 0 Å². The van der Waals surface area contributed by atoms with Gasteiger partial charge in [-0.05, 0) is 0 Å². The molecule has 0 radical (unpaired) electrons. The third-order valence-electron chi connectivity index (χ3n) is 1.07. The molecule has 0 aliphatic carbocycles. The average Bonchev–Trinajstić information content (AvgIpc) is 1.58. The van der Waals surface area contributed by atoms with Gasteiger partial charge in [0.15, 0.2) is 0 Å². The topological polar surface area (TPSA) is 35.5 Å². The van der Waals surface area contributed by atoms with Gasteiger partial charge >= 0.3 is 18.1 Å². The fourth-order valence-corrected chi connectivity index (χ4v) is 0.441. The predicted molar refractivity (Wildman–Crippen MR) is 22.0 cm³/mol. The second kappa shape index (κ2) is 1.56. The summed E-state index contributed by atoms with van der Waals surface area (Å²) in [6.07, 6.45) is -5.94. The molecule has 1 heterocycles. The van der Waals surface area contributed by atoms with Crippen molar-refractivity contribution in [1.82, 2.24) is 0 Å². The largest absolute Gasteiger partial charge is 0.515 e. The Kier molecular flexibility index (Phi) is 1.12. The smallest absolute Gasteiger partial charge is 0.381 e. The molecule has 3 nitrogen and oxygen atoms in total. The number of alkyl halides is 3. The van der Waals surface area contributed by atoms with Gasteiger partial charge < -0.3 is 9.47 Å². The molecule has 0 atom stereocenters. The molecule has 0 amide bonds. The number of hydrogen-bond acceptors (Lipinski definition) is 3. The minimum absolute atomic E-state index is 0.633. The minimum Gasteiger partial charge on any atom is -0.381 e. The van der Waals surface area contributed by atoms with Gasteiger partial charge in [0, 0.05) is 6.92 Å². The maximum absolute atomic E-state index is 11.7. The highest BCUT2D eigenvalue weighted by Gasteiger charge is 2.65. The van der Waals surface area contributed by atoms with E-state index in [0.717, 1.165) is 0 Å². The van der Waals surface area contributed by atoms with Crippen LogP contribution >= 0.6 is 0 Å². The summed E-state index contributed by atoms with van der Waals surface area (Å²) >= 11 is 0. The summed E-state index contributed by atoms with van der Waals surface area (Å²) in [6.45, 7) is 0.633. The Balaban J connectivity index is 2.65. The van der Waals surface area contributed by atoms with Crippen molar-refractivity contribution in [3.05, 3.63) is 0 Å². The van der Waals surface area contributed by atoms with Crippen molar-refractivity contribution in [2.24, 2.45) is 0 Å². The molecule has 0 bridgehead atoms. The number of rotatable bonds is 0. The van der Waals surface area contributed by atoms with Gasteiger partial charge in [0.05, 0.1) is 0 Å². The van der Waals surface area contributed by atoms with Crippen LogP contribution in [0, 0.1) is 0 Å². The van der Waals surface area contributed by atoms with Gasteiger partial charge in [0.2, 0.25) is 0 Å². The molecule has 0 aromatic rings. The molecule has 10 heavy (non-hydrogen) atoms. The van der Waals surface area contributed by atoms with E-state index in [1.54, 1.807) is 0 Å². The Morgan fingerprint density at radius 3 is 1.90 bits per heavy atom. The average molecular weight is 156 g/mol. The zero-order chi connectivity index (χ0) is 7.99. The fraction of sp³-hybridized carbons (Fsp3) is 0.750. The minimum atomic E-state index is -4.65.